The van der Waals surface area contributed by atoms with Gasteiger partial charge in [0, 0.05) is 56.5 Å². The van der Waals surface area contributed by atoms with Crippen LogP contribution in [-0.2, 0) is 24.4 Å². The van der Waals surface area contributed by atoms with Crippen LogP contribution in [0.1, 0.15) is 43.6 Å². The van der Waals surface area contributed by atoms with E-state index in [9.17, 15) is 4.79 Å². The summed E-state index contributed by atoms with van der Waals surface area (Å²) in [4.78, 5) is 25.6. The minimum Gasteiger partial charge on any atom is -0.355 e. The minimum absolute atomic E-state index is 0.575. The topological polar surface area (TPSA) is 118 Å². The van der Waals surface area contributed by atoms with Gasteiger partial charge < -0.3 is 10.6 Å². The molecule has 1 amide bonds. The van der Waals surface area contributed by atoms with Gasteiger partial charge >= 0.3 is 0 Å². The lowest BCUT2D eigenvalue weighted by atomic mass is 10.0. The standard InChI is InChI=1S/C22H28N8S.C7H8N2O/c1-4-29-13-17(9-24-29)19-10-23-22-21(25-16(3)12-30(19)22)26-20-8-18(27-31-20)14-28-7-5-6-15(2)11-28;10-6-9-5-7-1-3-8-4-2-7/h8-10,12-13,15H,4-7,11,14H2,1-3H3,(H,25,26);1-4,6H,5H2,(H,9,10). The predicted octanol–water partition coefficient (Wildman–Crippen LogP) is 4.68. The molecular weight excluding hydrogens is 536 g/mol. The highest BCUT2D eigenvalue weighted by Gasteiger charge is 2.18. The average molecular weight is 573 g/mol. The Bertz CT molecular complexity index is 1560. The molecule has 1 unspecified atom stereocenters. The zero-order chi connectivity index (χ0) is 28.6. The molecule has 214 valence electrons. The van der Waals surface area contributed by atoms with Gasteiger partial charge in [0.15, 0.2) is 11.5 Å². The van der Waals surface area contributed by atoms with Crippen molar-refractivity contribution in [3.05, 3.63) is 72.3 Å². The number of hydrogen-bond donors (Lipinski definition) is 2. The number of carbonyl (C=O) groups is 1. The second-order valence-electron chi connectivity index (χ2n) is 10.3. The number of nitrogens with one attached hydrogen (secondary N) is 2. The summed E-state index contributed by atoms with van der Waals surface area (Å²) in [6, 6.07) is 5.85. The summed E-state index contributed by atoms with van der Waals surface area (Å²) >= 11 is 1.48. The fourth-order valence-electron chi connectivity index (χ4n) is 4.96. The lowest BCUT2D eigenvalue weighted by Crippen LogP contribution is -2.33. The molecule has 6 rings (SSSR count). The Morgan fingerprint density at radius 3 is 2.80 bits per heavy atom. The van der Waals surface area contributed by atoms with Gasteiger partial charge in [-0.25, -0.2) is 9.97 Å². The highest BCUT2D eigenvalue weighted by Crippen LogP contribution is 2.28. The van der Waals surface area contributed by atoms with Crippen molar-refractivity contribution >= 4 is 34.4 Å². The summed E-state index contributed by atoms with van der Waals surface area (Å²) in [7, 11) is 0. The van der Waals surface area contributed by atoms with Crippen LogP contribution in [0.15, 0.2) is 55.4 Å². The molecule has 0 saturated carbocycles. The summed E-state index contributed by atoms with van der Waals surface area (Å²) in [6.45, 7) is 11.1. The number of rotatable bonds is 9. The van der Waals surface area contributed by atoms with Gasteiger partial charge in [-0.1, -0.05) is 6.92 Å². The van der Waals surface area contributed by atoms with Gasteiger partial charge in [-0.15, -0.1) is 0 Å². The van der Waals surface area contributed by atoms with Crippen LogP contribution in [0.25, 0.3) is 16.9 Å². The number of amides is 1. The van der Waals surface area contributed by atoms with E-state index in [-0.39, 0.29) is 0 Å². The average Bonchev–Trinajstić information content (AvgIpc) is 3.73. The van der Waals surface area contributed by atoms with Crippen molar-refractivity contribution in [3.63, 3.8) is 0 Å². The Morgan fingerprint density at radius 1 is 1.20 bits per heavy atom. The van der Waals surface area contributed by atoms with E-state index in [1.54, 1.807) is 12.4 Å². The summed E-state index contributed by atoms with van der Waals surface area (Å²) < 4.78 is 8.67. The van der Waals surface area contributed by atoms with Gasteiger partial charge in [0.05, 0.1) is 29.5 Å². The first-order valence-electron chi connectivity index (χ1n) is 13.9. The first kappa shape index (κ1) is 28.4. The Hall–Kier alpha value is -4.16. The van der Waals surface area contributed by atoms with Crippen LogP contribution < -0.4 is 10.6 Å². The Morgan fingerprint density at radius 2 is 2.05 bits per heavy atom. The van der Waals surface area contributed by atoms with Crippen LogP contribution in [0.4, 0.5) is 10.8 Å². The molecule has 0 aliphatic carbocycles. The number of likely N-dealkylation sites (tertiary alicyclic amines) is 1. The van der Waals surface area contributed by atoms with Gasteiger partial charge in [0.2, 0.25) is 6.41 Å². The second-order valence-corrected chi connectivity index (χ2v) is 11.1. The number of imidazole rings is 1. The van der Waals surface area contributed by atoms with Crippen LogP contribution in [0, 0.1) is 12.8 Å². The minimum atomic E-state index is 0.575. The number of pyridine rings is 1. The molecule has 0 bridgehead atoms. The molecule has 1 fully saturated rings. The first-order chi connectivity index (χ1) is 20.0. The molecule has 5 aromatic rings. The monoisotopic (exact) mass is 572 g/mol. The molecule has 2 N–H and O–H groups in total. The quantitative estimate of drug-likeness (QED) is 0.245. The van der Waals surface area contributed by atoms with E-state index in [4.69, 9.17) is 4.98 Å². The Balaban J connectivity index is 0.000000287. The zero-order valence-electron chi connectivity index (χ0n) is 23.7. The normalized spacial score (nSPS) is 15.3. The fourth-order valence-corrected chi connectivity index (χ4v) is 5.61. The number of fused-ring (bicyclic) bond motifs is 1. The number of aryl methyl sites for hydroxylation is 2. The van der Waals surface area contributed by atoms with E-state index in [1.165, 1.54) is 24.4 Å². The number of aromatic nitrogens is 7. The molecule has 1 aliphatic rings. The molecule has 0 spiro atoms. The van der Waals surface area contributed by atoms with Crippen LogP contribution in [0.2, 0.25) is 0 Å². The summed E-state index contributed by atoms with van der Waals surface area (Å²) in [5.41, 5.74) is 5.94. The molecular formula is C29H36N10OS. The van der Waals surface area contributed by atoms with Crippen LogP contribution in [0.5, 0.6) is 0 Å². The van der Waals surface area contributed by atoms with Gasteiger partial charge in [-0.05, 0) is 74.4 Å². The number of carbonyl (C=O) groups excluding carboxylic acids is 1. The third-order valence-electron chi connectivity index (χ3n) is 6.93. The number of anilines is 2. The molecule has 11 nitrogen and oxygen atoms in total. The lowest BCUT2D eigenvalue weighted by molar-refractivity contribution is -0.109. The van der Waals surface area contributed by atoms with Gasteiger partial charge in [-0.2, -0.15) is 9.47 Å². The largest absolute Gasteiger partial charge is 0.355 e. The van der Waals surface area contributed by atoms with E-state index >= 15 is 0 Å². The zero-order valence-corrected chi connectivity index (χ0v) is 24.5. The van der Waals surface area contributed by atoms with Crippen molar-refractivity contribution in [3.8, 4) is 11.3 Å². The second kappa shape index (κ2) is 13.5. The fraction of sp³-hybridized carbons (Fsp3) is 0.379. The molecule has 12 heteroatoms. The lowest BCUT2D eigenvalue weighted by Gasteiger charge is -2.30. The van der Waals surface area contributed by atoms with E-state index < -0.39 is 0 Å². The highest BCUT2D eigenvalue weighted by atomic mass is 32.1. The molecule has 1 atom stereocenters. The van der Waals surface area contributed by atoms with Gasteiger partial charge in [0.25, 0.3) is 0 Å². The van der Waals surface area contributed by atoms with Gasteiger partial charge in [0.1, 0.15) is 5.00 Å². The molecule has 1 aliphatic heterocycles. The van der Waals surface area contributed by atoms with Crippen molar-refractivity contribution in [2.24, 2.45) is 5.92 Å². The van der Waals surface area contributed by atoms with Crippen LogP contribution in [-0.4, -0.2) is 57.9 Å². The molecule has 0 radical (unpaired) electrons. The molecule has 0 aromatic carbocycles. The van der Waals surface area contributed by atoms with Crippen LogP contribution in [0.3, 0.4) is 0 Å². The van der Waals surface area contributed by atoms with Crippen molar-refractivity contribution in [1.29, 1.82) is 0 Å². The summed E-state index contributed by atoms with van der Waals surface area (Å²) in [6.07, 6.45) is 14.5. The SMILES string of the molecule is CCn1cc(-c2cnc3c(Nc4cc(CN5CCCC(C)C5)ns4)nc(C)cn23)cn1.O=CNCc1ccncc1. The smallest absolute Gasteiger partial charge is 0.207 e. The van der Waals surface area contributed by atoms with Crippen molar-refractivity contribution < 1.29 is 4.79 Å². The Labute approximate surface area is 243 Å². The third-order valence-corrected chi connectivity index (χ3v) is 7.67. The third kappa shape index (κ3) is 7.33. The highest BCUT2D eigenvalue weighted by molar-refractivity contribution is 7.10. The van der Waals surface area contributed by atoms with Crippen molar-refractivity contribution in [2.75, 3.05) is 18.4 Å². The van der Waals surface area contributed by atoms with Crippen molar-refractivity contribution in [2.45, 2.75) is 53.2 Å². The van der Waals surface area contributed by atoms with E-state index in [0.717, 1.165) is 76.8 Å². The van der Waals surface area contributed by atoms with E-state index in [0.29, 0.717) is 13.0 Å². The van der Waals surface area contributed by atoms with E-state index in [2.05, 4.69) is 59.3 Å². The molecule has 1 saturated heterocycles. The maximum absolute atomic E-state index is 9.85. The first-order valence-corrected chi connectivity index (χ1v) is 14.7. The molecule has 6 heterocycles. The van der Waals surface area contributed by atoms with Gasteiger partial charge in [-0.3, -0.25) is 23.8 Å². The molecule has 5 aromatic heterocycles. The van der Waals surface area contributed by atoms with Crippen molar-refractivity contribution in [1.82, 2.24) is 43.7 Å². The number of piperidine rings is 1. The van der Waals surface area contributed by atoms with Crippen LogP contribution >= 0.6 is 11.5 Å². The predicted molar refractivity (Wildman–Crippen MR) is 161 cm³/mol. The number of hydrogen-bond acceptors (Lipinski definition) is 9. The Kier molecular flexibility index (Phi) is 9.32. The number of nitrogens with zero attached hydrogens (tertiary/aromatic N) is 8. The maximum atomic E-state index is 9.85. The van der Waals surface area contributed by atoms with E-state index in [1.807, 2.05) is 48.5 Å². The summed E-state index contributed by atoms with van der Waals surface area (Å²) in [5, 5.41) is 11.4. The maximum Gasteiger partial charge on any atom is 0.207 e. The molecule has 41 heavy (non-hydrogen) atoms. The summed E-state index contributed by atoms with van der Waals surface area (Å²) in [5.74, 6) is 1.52.